The van der Waals surface area contributed by atoms with Gasteiger partial charge in [0.1, 0.15) is 5.75 Å². The Morgan fingerprint density at radius 2 is 1.57 bits per heavy atom. The second kappa shape index (κ2) is 11.6. The van der Waals surface area contributed by atoms with Crippen LogP contribution in [0, 0.1) is 0 Å². The molecule has 0 unspecified atom stereocenters. The van der Waals surface area contributed by atoms with Gasteiger partial charge in [0.25, 0.3) is 0 Å². The van der Waals surface area contributed by atoms with E-state index in [2.05, 4.69) is 15.8 Å². The molecule has 4 aromatic carbocycles. The number of anilines is 1. The van der Waals surface area contributed by atoms with E-state index < -0.39 is 17.8 Å². The maximum atomic E-state index is 12.8. The van der Waals surface area contributed by atoms with Crippen LogP contribution in [0.3, 0.4) is 0 Å². The molecule has 11 heteroatoms. The number of ether oxygens (including phenoxy) is 1. The SMILES string of the molecule is O=C(N/N=C/c1c(OC(=O)c2ccc(Cl)cc2Cl)ccc2ccccc12)C(=O)Nc1ccc(Cl)c(Cl)c1. The summed E-state index contributed by atoms with van der Waals surface area (Å²) in [6.45, 7) is 0. The molecule has 0 atom stereocenters. The third-order valence-electron chi connectivity index (χ3n) is 5.03. The Bertz CT molecular complexity index is 1570. The van der Waals surface area contributed by atoms with Crippen molar-refractivity contribution in [3.8, 4) is 5.75 Å². The Morgan fingerprint density at radius 3 is 2.32 bits per heavy atom. The van der Waals surface area contributed by atoms with Crippen LogP contribution in [0.4, 0.5) is 5.69 Å². The maximum Gasteiger partial charge on any atom is 0.345 e. The van der Waals surface area contributed by atoms with Gasteiger partial charge < -0.3 is 10.1 Å². The lowest BCUT2D eigenvalue weighted by Gasteiger charge is -2.11. The molecule has 37 heavy (non-hydrogen) atoms. The van der Waals surface area contributed by atoms with Gasteiger partial charge in [0, 0.05) is 16.3 Å². The summed E-state index contributed by atoms with van der Waals surface area (Å²) < 4.78 is 5.59. The largest absolute Gasteiger partial charge is 0.422 e. The van der Waals surface area contributed by atoms with E-state index in [-0.39, 0.29) is 27.0 Å². The molecule has 0 aliphatic rings. The van der Waals surface area contributed by atoms with Gasteiger partial charge in [-0.1, -0.05) is 76.7 Å². The summed E-state index contributed by atoms with van der Waals surface area (Å²) in [6, 6.07) is 19.4. The fraction of sp³-hybridized carbons (Fsp3) is 0. The van der Waals surface area contributed by atoms with Gasteiger partial charge in [-0.25, -0.2) is 10.2 Å². The molecule has 4 rings (SSSR count). The lowest BCUT2D eigenvalue weighted by molar-refractivity contribution is -0.136. The molecule has 0 bridgehead atoms. The van der Waals surface area contributed by atoms with Crippen LogP contribution < -0.4 is 15.5 Å². The first kappa shape index (κ1) is 26.4. The fourth-order valence-electron chi connectivity index (χ4n) is 3.28. The standard InChI is InChI=1S/C26H15Cl4N3O4/c27-15-6-8-18(21(29)11-15)26(36)37-23-10-5-14-3-1-2-4-17(14)19(23)13-31-33-25(35)24(34)32-16-7-9-20(28)22(30)12-16/h1-13H,(H,32,34)(H,33,35)/b31-13+. The highest BCUT2D eigenvalue weighted by Crippen LogP contribution is 2.29. The second-order valence-electron chi connectivity index (χ2n) is 7.49. The second-order valence-corrected chi connectivity index (χ2v) is 9.15. The summed E-state index contributed by atoms with van der Waals surface area (Å²) in [5.74, 6) is -2.56. The van der Waals surface area contributed by atoms with E-state index in [1.54, 1.807) is 24.3 Å². The molecule has 0 spiro atoms. The molecule has 0 radical (unpaired) electrons. The fourth-order valence-corrected chi connectivity index (χ4v) is 4.06. The van der Waals surface area contributed by atoms with Gasteiger partial charge in [0.05, 0.1) is 26.8 Å². The van der Waals surface area contributed by atoms with E-state index in [9.17, 15) is 14.4 Å². The van der Waals surface area contributed by atoms with E-state index in [1.165, 1.54) is 42.6 Å². The van der Waals surface area contributed by atoms with Crippen molar-refractivity contribution in [2.45, 2.75) is 0 Å². The number of rotatable bonds is 5. The Morgan fingerprint density at radius 1 is 0.784 bits per heavy atom. The highest BCUT2D eigenvalue weighted by atomic mass is 35.5. The van der Waals surface area contributed by atoms with Crippen molar-refractivity contribution in [3.05, 3.63) is 104 Å². The zero-order chi connectivity index (χ0) is 26.5. The van der Waals surface area contributed by atoms with E-state index in [1.807, 2.05) is 12.1 Å². The molecule has 186 valence electrons. The molecule has 0 aliphatic heterocycles. The smallest absolute Gasteiger partial charge is 0.345 e. The van der Waals surface area contributed by atoms with E-state index in [4.69, 9.17) is 51.1 Å². The highest BCUT2D eigenvalue weighted by Gasteiger charge is 2.17. The molecular weight excluding hydrogens is 560 g/mol. The number of amides is 2. The predicted molar refractivity (Wildman–Crippen MR) is 146 cm³/mol. The van der Waals surface area contributed by atoms with Crippen LogP contribution in [0.5, 0.6) is 5.75 Å². The maximum absolute atomic E-state index is 12.8. The number of hydrogen-bond donors (Lipinski definition) is 2. The number of benzene rings is 4. The van der Waals surface area contributed by atoms with Crippen molar-refractivity contribution in [1.82, 2.24) is 5.43 Å². The molecule has 0 aliphatic carbocycles. The molecule has 0 saturated carbocycles. The van der Waals surface area contributed by atoms with Crippen LogP contribution >= 0.6 is 46.4 Å². The summed E-state index contributed by atoms with van der Waals surface area (Å²) in [4.78, 5) is 37.3. The van der Waals surface area contributed by atoms with E-state index >= 15 is 0 Å². The lowest BCUT2D eigenvalue weighted by Crippen LogP contribution is -2.32. The quantitative estimate of drug-likeness (QED) is 0.0904. The minimum absolute atomic E-state index is 0.120. The van der Waals surface area contributed by atoms with Gasteiger partial charge in [0.2, 0.25) is 0 Å². The van der Waals surface area contributed by atoms with Crippen LogP contribution in [0.15, 0.2) is 77.9 Å². The average molecular weight is 575 g/mol. The van der Waals surface area contributed by atoms with Gasteiger partial charge in [-0.2, -0.15) is 5.10 Å². The lowest BCUT2D eigenvalue weighted by atomic mass is 10.0. The number of fused-ring (bicyclic) bond motifs is 1. The molecule has 0 fully saturated rings. The summed E-state index contributed by atoms with van der Waals surface area (Å²) in [7, 11) is 0. The summed E-state index contributed by atoms with van der Waals surface area (Å²) in [5, 5.41) is 8.83. The Balaban J connectivity index is 1.55. The normalized spacial score (nSPS) is 10.9. The number of carbonyl (C=O) groups excluding carboxylic acids is 3. The van der Waals surface area contributed by atoms with Crippen LogP contribution in [0.1, 0.15) is 15.9 Å². The van der Waals surface area contributed by atoms with Crippen molar-refractivity contribution in [1.29, 1.82) is 0 Å². The zero-order valence-electron chi connectivity index (χ0n) is 18.6. The van der Waals surface area contributed by atoms with Crippen LogP contribution in [0.25, 0.3) is 10.8 Å². The number of esters is 1. The number of halogens is 4. The highest BCUT2D eigenvalue weighted by molar-refractivity contribution is 6.43. The Hall–Kier alpha value is -3.62. The van der Waals surface area contributed by atoms with Crippen LogP contribution in [-0.2, 0) is 9.59 Å². The molecule has 2 amide bonds. The first-order valence-corrected chi connectivity index (χ1v) is 12.0. The molecule has 0 saturated heterocycles. The van der Waals surface area contributed by atoms with Crippen molar-refractivity contribution in [2.24, 2.45) is 5.10 Å². The Kier molecular flexibility index (Phi) is 8.31. The molecule has 0 heterocycles. The molecule has 7 nitrogen and oxygen atoms in total. The molecule has 0 aromatic heterocycles. The number of hydrazone groups is 1. The monoisotopic (exact) mass is 573 g/mol. The van der Waals surface area contributed by atoms with E-state index in [0.29, 0.717) is 21.0 Å². The van der Waals surface area contributed by atoms with Crippen LogP contribution in [-0.4, -0.2) is 24.0 Å². The molecular formula is C26H15Cl4N3O4. The number of nitrogens with zero attached hydrogens (tertiary/aromatic N) is 1. The summed E-state index contributed by atoms with van der Waals surface area (Å²) in [6.07, 6.45) is 1.28. The van der Waals surface area contributed by atoms with Gasteiger partial charge in [-0.15, -0.1) is 0 Å². The first-order chi connectivity index (χ1) is 17.7. The topological polar surface area (TPSA) is 96.9 Å². The average Bonchev–Trinajstić information content (AvgIpc) is 2.87. The van der Waals surface area contributed by atoms with Crippen molar-refractivity contribution < 1.29 is 19.1 Å². The predicted octanol–water partition coefficient (Wildman–Crippen LogP) is 6.76. The van der Waals surface area contributed by atoms with Gasteiger partial charge in [-0.05, 0) is 53.2 Å². The minimum atomic E-state index is -1.03. The number of nitrogens with one attached hydrogen (secondary N) is 2. The summed E-state index contributed by atoms with van der Waals surface area (Å²) >= 11 is 23.8. The van der Waals surface area contributed by atoms with E-state index in [0.717, 1.165) is 5.39 Å². The van der Waals surface area contributed by atoms with Gasteiger partial charge in [0.15, 0.2) is 0 Å². The molecule has 4 aromatic rings. The molecule has 2 N–H and O–H groups in total. The third kappa shape index (κ3) is 6.39. The minimum Gasteiger partial charge on any atom is -0.422 e. The van der Waals surface area contributed by atoms with Gasteiger partial charge >= 0.3 is 17.8 Å². The summed E-state index contributed by atoms with van der Waals surface area (Å²) in [5.41, 5.74) is 2.94. The van der Waals surface area contributed by atoms with Gasteiger partial charge in [-0.3, -0.25) is 9.59 Å². The first-order valence-electron chi connectivity index (χ1n) is 10.5. The number of hydrogen-bond acceptors (Lipinski definition) is 5. The zero-order valence-corrected chi connectivity index (χ0v) is 21.6. The van der Waals surface area contributed by atoms with Crippen molar-refractivity contribution in [2.75, 3.05) is 5.32 Å². The number of carbonyl (C=O) groups is 3. The van der Waals surface area contributed by atoms with Crippen LogP contribution in [0.2, 0.25) is 20.1 Å². The third-order valence-corrected chi connectivity index (χ3v) is 6.31. The van der Waals surface area contributed by atoms with Crippen molar-refractivity contribution >= 4 is 86.9 Å². The Labute approximate surface area is 230 Å². The van der Waals surface area contributed by atoms with Crippen molar-refractivity contribution in [3.63, 3.8) is 0 Å².